The van der Waals surface area contributed by atoms with Crippen molar-refractivity contribution in [3.8, 4) is 11.5 Å². The summed E-state index contributed by atoms with van der Waals surface area (Å²) < 4.78 is 38.6. The zero-order chi connectivity index (χ0) is 20.9. The molecule has 1 aromatic carbocycles. The lowest BCUT2D eigenvalue weighted by Gasteiger charge is -2.26. The van der Waals surface area contributed by atoms with Crippen LogP contribution in [0.4, 0.5) is 0 Å². The van der Waals surface area contributed by atoms with Gasteiger partial charge in [0.2, 0.25) is 5.91 Å². The summed E-state index contributed by atoms with van der Waals surface area (Å²) in [6.45, 7) is 6.60. The van der Waals surface area contributed by atoms with Gasteiger partial charge in [0, 0.05) is 13.0 Å². The van der Waals surface area contributed by atoms with E-state index in [1.807, 2.05) is 26.8 Å². The maximum Gasteiger partial charge on any atom is 0.306 e. The van der Waals surface area contributed by atoms with Crippen LogP contribution in [0.3, 0.4) is 0 Å². The topological polar surface area (TPSA) is 86.0 Å². The Bertz CT molecular complexity index is 897. The highest BCUT2D eigenvalue weighted by molar-refractivity contribution is 7.86. The maximum atomic E-state index is 12.9. The minimum Gasteiger partial charge on any atom is -0.493 e. The molecule has 0 fully saturated rings. The highest BCUT2D eigenvalue weighted by atomic mass is 32.2. The van der Waals surface area contributed by atoms with E-state index < -0.39 is 10.1 Å². The van der Waals surface area contributed by atoms with Crippen molar-refractivity contribution in [3.05, 3.63) is 47.9 Å². The molecule has 0 spiro atoms. The van der Waals surface area contributed by atoms with E-state index in [-0.39, 0.29) is 23.6 Å². The monoisotopic (exact) mass is 409 g/mol. The Morgan fingerprint density at radius 2 is 1.86 bits per heavy atom. The van der Waals surface area contributed by atoms with Gasteiger partial charge < -0.3 is 18.2 Å². The number of hydrogen-bond donors (Lipinski definition) is 0. The van der Waals surface area contributed by atoms with Crippen LogP contribution >= 0.6 is 0 Å². The normalized spacial score (nSPS) is 11.9. The number of hydrogen-bond acceptors (Lipinski definition) is 6. The summed E-state index contributed by atoms with van der Waals surface area (Å²) in [5.74, 6) is 1.03. The van der Waals surface area contributed by atoms with Gasteiger partial charge in [0.05, 0.1) is 26.2 Å². The van der Waals surface area contributed by atoms with E-state index in [0.717, 1.165) is 6.26 Å². The molecule has 0 N–H and O–H groups in total. The van der Waals surface area contributed by atoms with Crippen LogP contribution in [0.1, 0.15) is 38.5 Å². The molecule has 1 heterocycles. The van der Waals surface area contributed by atoms with Crippen molar-refractivity contribution in [1.82, 2.24) is 4.90 Å². The van der Waals surface area contributed by atoms with Gasteiger partial charge >= 0.3 is 10.1 Å². The van der Waals surface area contributed by atoms with Gasteiger partial charge in [-0.15, -0.1) is 0 Å². The van der Waals surface area contributed by atoms with Crippen LogP contribution in [0.5, 0.6) is 11.5 Å². The van der Waals surface area contributed by atoms with Gasteiger partial charge in [0.1, 0.15) is 5.76 Å². The van der Waals surface area contributed by atoms with Crippen molar-refractivity contribution >= 4 is 16.0 Å². The van der Waals surface area contributed by atoms with Gasteiger partial charge in [-0.1, -0.05) is 26.8 Å². The number of furan rings is 1. The zero-order valence-corrected chi connectivity index (χ0v) is 17.7. The lowest BCUT2D eigenvalue weighted by molar-refractivity contribution is -0.134. The van der Waals surface area contributed by atoms with Crippen molar-refractivity contribution in [2.75, 3.05) is 13.4 Å². The number of benzene rings is 1. The first kappa shape index (κ1) is 21.8. The third-order valence-electron chi connectivity index (χ3n) is 3.80. The Hall–Kier alpha value is -2.48. The van der Waals surface area contributed by atoms with Gasteiger partial charge in [-0.2, -0.15) is 8.42 Å². The van der Waals surface area contributed by atoms with Crippen LogP contribution in [0.25, 0.3) is 0 Å². The molecule has 0 bridgehead atoms. The van der Waals surface area contributed by atoms with Crippen LogP contribution in [0.15, 0.2) is 41.0 Å². The molecule has 0 atom stereocenters. The standard InChI is InChI=1S/C20H27NO6S/c1-20(2,3)12-19(22)21(14-16-7-6-10-26-16)13-15-8-9-17(25-4)18(11-15)27-28(5,23)24/h6-11H,12-14H2,1-5H3. The minimum absolute atomic E-state index is 0.0229. The molecule has 1 aromatic heterocycles. The average Bonchev–Trinajstić information content (AvgIpc) is 3.04. The molecule has 0 saturated heterocycles. The fourth-order valence-corrected chi connectivity index (χ4v) is 3.11. The molecule has 7 nitrogen and oxygen atoms in total. The first-order valence-corrected chi connectivity index (χ1v) is 10.6. The maximum absolute atomic E-state index is 12.9. The van der Waals surface area contributed by atoms with E-state index >= 15 is 0 Å². The van der Waals surface area contributed by atoms with Gasteiger partial charge in [-0.3, -0.25) is 4.79 Å². The molecule has 28 heavy (non-hydrogen) atoms. The first-order chi connectivity index (χ1) is 13.0. The molecule has 2 aromatic rings. The van der Waals surface area contributed by atoms with E-state index in [1.165, 1.54) is 7.11 Å². The summed E-state index contributed by atoms with van der Waals surface area (Å²) in [5, 5.41) is 0. The largest absolute Gasteiger partial charge is 0.493 e. The van der Waals surface area contributed by atoms with Crippen molar-refractivity contribution < 1.29 is 26.5 Å². The molecular weight excluding hydrogens is 382 g/mol. The Morgan fingerprint density at radius 3 is 2.39 bits per heavy atom. The zero-order valence-electron chi connectivity index (χ0n) is 16.9. The van der Waals surface area contributed by atoms with Crippen molar-refractivity contribution in [3.63, 3.8) is 0 Å². The quantitative estimate of drug-likeness (QED) is 0.619. The van der Waals surface area contributed by atoms with Crippen molar-refractivity contribution in [1.29, 1.82) is 0 Å². The van der Waals surface area contributed by atoms with Crippen LogP contribution in [0, 0.1) is 5.41 Å². The van der Waals surface area contributed by atoms with Crippen LogP contribution in [0.2, 0.25) is 0 Å². The average molecular weight is 410 g/mol. The van der Waals surface area contributed by atoms with Gasteiger partial charge in [0.15, 0.2) is 11.5 Å². The second kappa shape index (κ2) is 8.68. The third kappa shape index (κ3) is 6.92. The Kier molecular flexibility index (Phi) is 6.77. The van der Waals surface area contributed by atoms with Gasteiger partial charge in [-0.25, -0.2) is 0 Å². The van der Waals surface area contributed by atoms with Crippen LogP contribution in [-0.4, -0.2) is 32.6 Å². The number of carbonyl (C=O) groups is 1. The summed E-state index contributed by atoms with van der Waals surface area (Å²) in [5.41, 5.74) is 0.552. The molecule has 1 amide bonds. The predicted molar refractivity (Wildman–Crippen MR) is 105 cm³/mol. The number of ether oxygens (including phenoxy) is 1. The Balaban J connectivity index is 2.29. The fourth-order valence-electron chi connectivity index (χ4n) is 2.66. The molecule has 154 valence electrons. The highest BCUT2D eigenvalue weighted by Crippen LogP contribution is 2.30. The molecule has 0 saturated carbocycles. The van der Waals surface area contributed by atoms with E-state index in [1.54, 1.807) is 35.4 Å². The van der Waals surface area contributed by atoms with E-state index in [9.17, 15) is 13.2 Å². The number of carbonyl (C=O) groups excluding carboxylic acids is 1. The first-order valence-electron chi connectivity index (χ1n) is 8.83. The highest BCUT2D eigenvalue weighted by Gasteiger charge is 2.23. The molecule has 0 radical (unpaired) electrons. The number of nitrogens with zero attached hydrogens (tertiary/aromatic N) is 1. The van der Waals surface area contributed by atoms with Crippen molar-refractivity contribution in [2.45, 2.75) is 40.3 Å². The lowest BCUT2D eigenvalue weighted by atomic mass is 9.91. The molecular formula is C20H27NO6S. The van der Waals surface area contributed by atoms with Gasteiger partial charge in [0.25, 0.3) is 0 Å². The van der Waals surface area contributed by atoms with Crippen LogP contribution < -0.4 is 8.92 Å². The summed E-state index contributed by atoms with van der Waals surface area (Å²) in [6.07, 6.45) is 2.90. The fraction of sp³-hybridized carbons (Fsp3) is 0.450. The summed E-state index contributed by atoms with van der Waals surface area (Å²) in [7, 11) is -2.28. The summed E-state index contributed by atoms with van der Waals surface area (Å²) in [6, 6.07) is 8.54. The molecule has 0 aliphatic rings. The van der Waals surface area contributed by atoms with E-state index in [2.05, 4.69) is 0 Å². The number of rotatable bonds is 8. The van der Waals surface area contributed by atoms with Crippen LogP contribution in [-0.2, 0) is 28.0 Å². The Morgan fingerprint density at radius 1 is 1.14 bits per heavy atom. The van der Waals surface area contributed by atoms with Gasteiger partial charge in [-0.05, 0) is 35.2 Å². The summed E-state index contributed by atoms with van der Waals surface area (Å²) >= 11 is 0. The number of methoxy groups -OCH3 is 1. The third-order valence-corrected chi connectivity index (χ3v) is 4.29. The second-order valence-corrected chi connectivity index (χ2v) is 9.41. The molecule has 0 aliphatic heterocycles. The predicted octanol–water partition coefficient (Wildman–Crippen LogP) is 3.59. The van der Waals surface area contributed by atoms with E-state index in [0.29, 0.717) is 30.0 Å². The SMILES string of the molecule is COc1ccc(CN(Cc2ccco2)C(=O)CC(C)(C)C)cc1OS(C)(=O)=O. The van der Waals surface area contributed by atoms with E-state index in [4.69, 9.17) is 13.3 Å². The summed E-state index contributed by atoms with van der Waals surface area (Å²) in [4.78, 5) is 14.5. The molecule has 2 rings (SSSR count). The Labute approximate surface area is 166 Å². The lowest BCUT2D eigenvalue weighted by Crippen LogP contribution is -2.32. The molecule has 8 heteroatoms. The smallest absolute Gasteiger partial charge is 0.306 e. The molecule has 0 aliphatic carbocycles. The minimum atomic E-state index is -3.71. The molecule has 0 unspecified atom stereocenters. The second-order valence-electron chi connectivity index (χ2n) is 7.84. The number of amides is 1. The van der Waals surface area contributed by atoms with Crippen molar-refractivity contribution in [2.24, 2.45) is 5.41 Å².